The van der Waals surface area contributed by atoms with Crippen LogP contribution < -0.4 is 10.9 Å². The first-order chi connectivity index (χ1) is 17.2. The first kappa shape index (κ1) is 22.4. The van der Waals surface area contributed by atoms with Gasteiger partial charge in [0, 0.05) is 20.9 Å². The molecule has 5 nitrogen and oxygen atoms in total. The molecule has 5 aromatic rings. The maximum atomic E-state index is 13.6. The van der Waals surface area contributed by atoms with E-state index in [2.05, 4.69) is 15.5 Å². The van der Waals surface area contributed by atoms with Crippen molar-refractivity contribution in [2.75, 3.05) is 5.32 Å². The van der Waals surface area contributed by atoms with Gasteiger partial charge in [-0.25, -0.2) is 5.10 Å². The SMILES string of the molecule is O=C(Nc1ccccc1Sc1ccccc1)c1c(-c2ccccc2)c(-c2ccccc2)n[nH]c1=O. The average molecular weight is 476 g/mol. The summed E-state index contributed by atoms with van der Waals surface area (Å²) in [6, 6.07) is 36.4. The van der Waals surface area contributed by atoms with Gasteiger partial charge in [-0.2, -0.15) is 5.10 Å². The molecule has 0 unspecified atom stereocenters. The molecule has 1 heterocycles. The summed E-state index contributed by atoms with van der Waals surface area (Å²) < 4.78 is 0. The maximum Gasteiger partial charge on any atom is 0.277 e. The van der Waals surface area contributed by atoms with Crippen LogP contribution in [0.15, 0.2) is 130 Å². The van der Waals surface area contributed by atoms with Gasteiger partial charge in [0.15, 0.2) is 0 Å². The minimum absolute atomic E-state index is 0.0181. The second-order valence-electron chi connectivity index (χ2n) is 7.75. The highest BCUT2D eigenvalue weighted by molar-refractivity contribution is 7.99. The number of aromatic nitrogens is 2. The lowest BCUT2D eigenvalue weighted by Crippen LogP contribution is -2.26. The summed E-state index contributed by atoms with van der Waals surface area (Å²) in [6.45, 7) is 0. The van der Waals surface area contributed by atoms with E-state index in [1.54, 1.807) is 11.8 Å². The molecular weight excluding hydrogens is 454 g/mol. The summed E-state index contributed by atoms with van der Waals surface area (Å²) in [5, 5.41) is 9.82. The van der Waals surface area contributed by atoms with Gasteiger partial charge < -0.3 is 5.32 Å². The van der Waals surface area contributed by atoms with Gasteiger partial charge in [0.1, 0.15) is 5.56 Å². The lowest BCUT2D eigenvalue weighted by Gasteiger charge is -2.15. The third-order valence-corrected chi connectivity index (χ3v) is 6.51. The molecule has 1 aromatic heterocycles. The monoisotopic (exact) mass is 475 g/mol. The Morgan fingerprint density at radius 3 is 1.97 bits per heavy atom. The molecule has 0 aliphatic carbocycles. The number of H-pyrrole nitrogens is 1. The Morgan fingerprint density at radius 1 is 0.714 bits per heavy atom. The van der Waals surface area contributed by atoms with E-state index in [0.29, 0.717) is 16.9 Å². The molecule has 0 spiro atoms. The molecule has 0 aliphatic heterocycles. The molecule has 170 valence electrons. The lowest BCUT2D eigenvalue weighted by molar-refractivity contribution is 0.102. The number of anilines is 1. The number of hydrogen-bond acceptors (Lipinski definition) is 4. The molecule has 0 atom stereocenters. The molecule has 1 amide bonds. The van der Waals surface area contributed by atoms with Gasteiger partial charge in [0.2, 0.25) is 0 Å². The van der Waals surface area contributed by atoms with Crippen molar-refractivity contribution < 1.29 is 4.79 Å². The van der Waals surface area contributed by atoms with Crippen LogP contribution in [-0.2, 0) is 0 Å². The lowest BCUT2D eigenvalue weighted by atomic mass is 9.95. The van der Waals surface area contributed by atoms with Crippen LogP contribution in [0.25, 0.3) is 22.4 Å². The van der Waals surface area contributed by atoms with Crippen LogP contribution in [0.2, 0.25) is 0 Å². The molecule has 35 heavy (non-hydrogen) atoms. The fourth-order valence-corrected chi connectivity index (χ4v) is 4.74. The normalized spacial score (nSPS) is 10.6. The quantitative estimate of drug-likeness (QED) is 0.294. The zero-order valence-electron chi connectivity index (χ0n) is 18.6. The zero-order chi connectivity index (χ0) is 24.0. The Balaban J connectivity index is 1.60. The van der Waals surface area contributed by atoms with Crippen molar-refractivity contribution in [1.82, 2.24) is 10.2 Å². The minimum atomic E-state index is -0.547. The smallest absolute Gasteiger partial charge is 0.277 e. The fraction of sp³-hybridized carbons (Fsp3) is 0. The summed E-state index contributed by atoms with van der Waals surface area (Å²) in [5.41, 5.74) is 2.67. The van der Waals surface area contributed by atoms with E-state index in [4.69, 9.17) is 0 Å². The summed E-state index contributed by atoms with van der Waals surface area (Å²) in [4.78, 5) is 28.6. The molecule has 0 aliphatic rings. The van der Waals surface area contributed by atoms with E-state index < -0.39 is 11.5 Å². The van der Waals surface area contributed by atoms with Crippen LogP contribution in [0.1, 0.15) is 10.4 Å². The Morgan fingerprint density at radius 2 is 1.29 bits per heavy atom. The number of carbonyl (C=O) groups is 1. The molecule has 2 N–H and O–H groups in total. The minimum Gasteiger partial charge on any atom is -0.321 e. The maximum absolute atomic E-state index is 13.6. The number of para-hydroxylation sites is 1. The number of benzene rings is 4. The Kier molecular flexibility index (Phi) is 6.55. The standard InChI is InChI=1S/C29H21N3O2S/c33-28(30-23-18-10-11-19-24(23)35-22-16-8-3-9-17-22)26-25(20-12-4-1-5-13-20)27(31-32-29(26)34)21-14-6-2-7-15-21/h1-19H,(H,30,33)(H,32,34). The van der Waals surface area contributed by atoms with E-state index in [-0.39, 0.29) is 5.56 Å². The largest absolute Gasteiger partial charge is 0.321 e. The third-order valence-electron chi connectivity index (χ3n) is 5.43. The topological polar surface area (TPSA) is 74.8 Å². The number of rotatable bonds is 6. The first-order valence-electron chi connectivity index (χ1n) is 11.1. The van der Waals surface area contributed by atoms with Crippen LogP contribution in [-0.4, -0.2) is 16.1 Å². The highest BCUT2D eigenvalue weighted by atomic mass is 32.2. The van der Waals surface area contributed by atoms with Crippen LogP contribution >= 0.6 is 11.8 Å². The molecule has 6 heteroatoms. The van der Waals surface area contributed by atoms with Crippen molar-refractivity contribution in [2.24, 2.45) is 0 Å². The zero-order valence-corrected chi connectivity index (χ0v) is 19.5. The van der Waals surface area contributed by atoms with E-state index >= 15 is 0 Å². The predicted molar refractivity (Wildman–Crippen MR) is 141 cm³/mol. The molecule has 4 aromatic carbocycles. The van der Waals surface area contributed by atoms with Gasteiger partial charge in [-0.05, 0) is 29.8 Å². The van der Waals surface area contributed by atoms with E-state index in [0.717, 1.165) is 20.9 Å². The highest BCUT2D eigenvalue weighted by Gasteiger charge is 2.23. The number of nitrogens with zero attached hydrogens (tertiary/aromatic N) is 1. The van der Waals surface area contributed by atoms with Crippen molar-refractivity contribution in [2.45, 2.75) is 9.79 Å². The molecule has 0 fully saturated rings. The van der Waals surface area contributed by atoms with Crippen LogP contribution in [0.4, 0.5) is 5.69 Å². The number of aromatic amines is 1. The van der Waals surface area contributed by atoms with Gasteiger partial charge in [0.25, 0.3) is 11.5 Å². The Labute approximate surface area is 206 Å². The number of nitrogens with one attached hydrogen (secondary N) is 2. The van der Waals surface area contributed by atoms with E-state index in [1.807, 2.05) is 115 Å². The second-order valence-corrected chi connectivity index (χ2v) is 8.86. The molecule has 0 bridgehead atoms. The fourth-order valence-electron chi connectivity index (χ4n) is 3.82. The van der Waals surface area contributed by atoms with Gasteiger partial charge >= 0.3 is 0 Å². The van der Waals surface area contributed by atoms with Crippen molar-refractivity contribution in [3.63, 3.8) is 0 Å². The van der Waals surface area contributed by atoms with Crippen molar-refractivity contribution in [1.29, 1.82) is 0 Å². The highest BCUT2D eigenvalue weighted by Crippen LogP contribution is 2.35. The summed E-state index contributed by atoms with van der Waals surface area (Å²) in [5.74, 6) is -0.495. The van der Waals surface area contributed by atoms with Crippen LogP contribution in [0, 0.1) is 0 Å². The van der Waals surface area contributed by atoms with Crippen LogP contribution in [0.5, 0.6) is 0 Å². The van der Waals surface area contributed by atoms with Crippen molar-refractivity contribution in [3.05, 3.63) is 131 Å². The number of amides is 1. The molecular formula is C29H21N3O2S. The molecule has 0 saturated heterocycles. The molecule has 5 rings (SSSR count). The van der Waals surface area contributed by atoms with E-state index in [1.165, 1.54) is 0 Å². The molecule has 0 radical (unpaired) electrons. The number of carbonyl (C=O) groups excluding carboxylic acids is 1. The van der Waals surface area contributed by atoms with Crippen molar-refractivity contribution >= 4 is 23.4 Å². The van der Waals surface area contributed by atoms with Gasteiger partial charge in [-0.15, -0.1) is 0 Å². The van der Waals surface area contributed by atoms with Gasteiger partial charge in [-0.3, -0.25) is 9.59 Å². The van der Waals surface area contributed by atoms with Gasteiger partial charge in [-0.1, -0.05) is 103 Å². The summed E-state index contributed by atoms with van der Waals surface area (Å²) >= 11 is 1.54. The number of hydrogen-bond donors (Lipinski definition) is 2. The van der Waals surface area contributed by atoms with Crippen LogP contribution in [0.3, 0.4) is 0 Å². The summed E-state index contributed by atoms with van der Waals surface area (Å²) in [6.07, 6.45) is 0. The first-order valence-corrected chi connectivity index (χ1v) is 11.9. The van der Waals surface area contributed by atoms with Gasteiger partial charge in [0.05, 0.1) is 11.4 Å². The molecule has 0 saturated carbocycles. The Bertz CT molecular complexity index is 1520. The second kappa shape index (κ2) is 10.2. The predicted octanol–water partition coefficient (Wildman–Crippen LogP) is 6.51. The third kappa shape index (κ3) is 4.93. The average Bonchev–Trinajstić information content (AvgIpc) is 2.91. The summed E-state index contributed by atoms with van der Waals surface area (Å²) in [7, 11) is 0. The Hall–Kier alpha value is -4.42. The van der Waals surface area contributed by atoms with Crippen molar-refractivity contribution in [3.8, 4) is 22.4 Å². The van der Waals surface area contributed by atoms with E-state index in [9.17, 15) is 9.59 Å².